The maximum atomic E-state index is 6.14. The van der Waals surface area contributed by atoms with Crippen LogP contribution in [0, 0.1) is 0 Å². The first kappa shape index (κ1) is 8.01. The van der Waals surface area contributed by atoms with Crippen molar-refractivity contribution in [2.24, 2.45) is 0 Å². The van der Waals surface area contributed by atoms with Crippen LogP contribution in [0.2, 0.25) is 0 Å². The van der Waals surface area contributed by atoms with Gasteiger partial charge >= 0.3 is 68.8 Å². The van der Waals surface area contributed by atoms with E-state index in [1.807, 2.05) is 0 Å². The molecule has 0 bridgehead atoms. The van der Waals surface area contributed by atoms with Crippen LogP contribution in [0.25, 0.3) is 0 Å². The molecule has 0 aromatic heterocycles. The van der Waals surface area contributed by atoms with Crippen molar-refractivity contribution in [3.05, 3.63) is 0 Å². The summed E-state index contributed by atoms with van der Waals surface area (Å²) in [7, 11) is 0. The van der Waals surface area contributed by atoms with Crippen LogP contribution in [0.15, 0.2) is 0 Å². The van der Waals surface area contributed by atoms with Crippen LogP contribution >= 0.6 is 6.83 Å². The first-order chi connectivity index (χ1) is 5.21. The fraction of sp³-hybridized carbons (Fsp3) is 1.00. The zero-order valence-electron chi connectivity index (χ0n) is 7.51. The first-order valence-electron chi connectivity index (χ1n) is 4.87. The molecule has 2 fully saturated rings. The summed E-state index contributed by atoms with van der Waals surface area (Å²) in [5, 5.41) is 0. The van der Waals surface area contributed by atoms with E-state index >= 15 is 0 Å². The van der Waals surface area contributed by atoms with Crippen LogP contribution in [-0.4, -0.2) is 31.8 Å². The SMILES string of the molecule is CP12(CCCCO1)CCCC2. The van der Waals surface area contributed by atoms with Gasteiger partial charge in [-0.05, 0) is 0 Å². The van der Waals surface area contributed by atoms with E-state index in [1.165, 1.54) is 44.2 Å². The molecule has 0 unspecified atom stereocenters. The van der Waals surface area contributed by atoms with Crippen molar-refractivity contribution in [1.82, 2.24) is 0 Å². The molecule has 2 aliphatic heterocycles. The van der Waals surface area contributed by atoms with Crippen LogP contribution in [-0.2, 0) is 4.52 Å². The van der Waals surface area contributed by atoms with Gasteiger partial charge < -0.3 is 0 Å². The molecule has 66 valence electrons. The summed E-state index contributed by atoms with van der Waals surface area (Å²) in [5.41, 5.74) is 0. The van der Waals surface area contributed by atoms with Gasteiger partial charge in [-0.25, -0.2) is 0 Å². The third-order valence-corrected chi connectivity index (χ3v) is 9.23. The van der Waals surface area contributed by atoms with Crippen LogP contribution < -0.4 is 0 Å². The summed E-state index contributed by atoms with van der Waals surface area (Å²) in [6.45, 7) is 2.06. The molecule has 11 heavy (non-hydrogen) atoms. The molecule has 2 heterocycles. The van der Waals surface area contributed by atoms with Crippen LogP contribution in [0.3, 0.4) is 0 Å². The van der Waals surface area contributed by atoms with Crippen molar-refractivity contribution in [2.75, 3.05) is 31.8 Å². The second kappa shape index (κ2) is 2.44. The Bertz CT molecular complexity index is 151. The van der Waals surface area contributed by atoms with Gasteiger partial charge in [0.15, 0.2) is 0 Å². The minimum atomic E-state index is -1.48. The van der Waals surface area contributed by atoms with Crippen molar-refractivity contribution in [1.29, 1.82) is 0 Å². The third-order valence-electron chi connectivity index (χ3n) is 3.51. The molecule has 0 aromatic rings. The Hall–Kier alpha value is 0.390. The monoisotopic (exact) mass is 174 g/mol. The Morgan fingerprint density at radius 1 is 0.909 bits per heavy atom. The van der Waals surface area contributed by atoms with E-state index in [-0.39, 0.29) is 0 Å². The molecule has 0 radical (unpaired) electrons. The average molecular weight is 174 g/mol. The van der Waals surface area contributed by atoms with Gasteiger partial charge in [0.1, 0.15) is 0 Å². The summed E-state index contributed by atoms with van der Waals surface area (Å²) in [4.78, 5) is 0. The van der Waals surface area contributed by atoms with Crippen molar-refractivity contribution in [2.45, 2.75) is 25.7 Å². The summed E-state index contributed by atoms with van der Waals surface area (Å²) in [6.07, 6.45) is 9.94. The topological polar surface area (TPSA) is 9.23 Å². The first-order valence-corrected chi connectivity index (χ1v) is 8.02. The van der Waals surface area contributed by atoms with E-state index in [0.29, 0.717) is 0 Å². The maximum absolute atomic E-state index is 6.14. The summed E-state index contributed by atoms with van der Waals surface area (Å²) in [6, 6.07) is 0. The Balaban J connectivity index is 2.15. The molecule has 0 amide bonds. The molecule has 1 spiro atoms. The predicted molar refractivity (Wildman–Crippen MR) is 51.9 cm³/mol. The third kappa shape index (κ3) is 1.34. The van der Waals surface area contributed by atoms with Gasteiger partial charge in [0.25, 0.3) is 0 Å². The van der Waals surface area contributed by atoms with Gasteiger partial charge in [0.05, 0.1) is 0 Å². The predicted octanol–water partition coefficient (Wildman–Crippen LogP) is 2.69. The Morgan fingerprint density at radius 3 is 2.00 bits per heavy atom. The Morgan fingerprint density at radius 2 is 1.45 bits per heavy atom. The second-order valence-corrected chi connectivity index (χ2v) is 10.6. The fourth-order valence-electron chi connectivity index (χ4n) is 2.65. The van der Waals surface area contributed by atoms with E-state index in [2.05, 4.69) is 6.66 Å². The van der Waals surface area contributed by atoms with E-state index in [4.69, 9.17) is 4.52 Å². The number of hydrogen-bond donors (Lipinski definition) is 0. The van der Waals surface area contributed by atoms with E-state index in [9.17, 15) is 0 Å². The average Bonchev–Trinajstić information content (AvgIpc) is 2.35. The molecule has 2 heteroatoms. The Kier molecular flexibility index (Phi) is 1.77. The molecule has 2 rings (SSSR count). The van der Waals surface area contributed by atoms with E-state index < -0.39 is 6.83 Å². The van der Waals surface area contributed by atoms with Crippen molar-refractivity contribution in [3.63, 3.8) is 0 Å². The van der Waals surface area contributed by atoms with Crippen molar-refractivity contribution >= 4 is 6.83 Å². The van der Waals surface area contributed by atoms with Crippen LogP contribution in [0.4, 0.5) is 0 Å². The zero-order valence-corrected chi connectivity index (χ0v) is 8.41. The molecule has 0 saturated carbocycles. The summed E-state index contributed by atoms with van der Waals surface area (Å²) < 4.78 is 6.14. The molecule has 0 aliphatic carbocycles. The molecular formula is C9H19OP. The quantitative estimate of drug-likeness (QED) is 0.513. The van der Waals surface area contributed by atoms with Crippen LogP contribution in [0.1, 0.15) is 25.7 Å². The number of hydrogen-bond acceptors (Lipinski definition) is 1. The molecule has 1 nitrogen and oxygen atoms in total. The second-order valence-electron chi connectivity index (χ2n) is 4.61. The Labute approximate surface area is 69.5 Å². The molecule has 0 N–H and O–H groups in total. The molecule has 0 atom stereocenters. The summed E-state index contributed by atoms with van der Waals surface area (Å²) >= 11 is 0. The summed E-state index contributed by atoms with van der Waals surface area (Å²) in [5.74, 6) is 0. The minimum absolute atomic E-state index is 1.06. The molecular weight excluding hydrogens is 155 g/mol. The van der Waals surface area contributed by atoms with Crippen molar-refractivity contribution in [3.8, 4) is 0 Å². The fourth-order valence-corrected chi connectivity index (χ4v) is 7.76. The van der Waals surface area contributed by atoms with E-state index in [1.54, 1.807) is 0 Å². The van der Waals surface area contributed by atoms with Gasteiger partial charge in [0, 0.05) is 0 Å². The van der Waals surface area contributed by atoms with Gasteiger partial charge in [-0.2, -0.15) is 0 Å². The molecule has 0 aromatic carbocycles. The van der Waals surface area contributed by atoms with Gasteiger partial charge in [-0.15, -0.1) is 0 Å². The van der Waals surface area contributed by atoms with Gasteiger partial charge in [-0.3, -0.25) is 0 Å². The normalized spacial score (nSPS) is 38.1. The molecule has 2 aliphatic rings. The van der Waals surface area contributed by atoms with Gasteiger partial charge in [-0.1, -0.05) is 0 Å². The number of rotatable bonds is 0. The van der Waals surface area contributed by atoms with Gasteiger partial charge in [0.2, 0.25) is 0 Å². The molecule has 2 saturated heterocycles. The van der Waals surface area contributed by atoms with Crippen molar-refractivity contribution < 1.29 is 4.52 Å². The van der Waals surface area contributed by atoms with E-state index in [0.717, 1.165) is 6.61 Å². The standard InChI is InChI=1S/C9H19OP/c1-11(8-4-5-9-11)7-3-2-6-10-11/h2-9H2,1H3. The zero-order chi connectivity index (χ0) is 7.81. The van der Waals surface area contributed by atoms with Crippen LogP contribution in [0.5, 0.6) is 0 Å².